The summed E-state index contributed by atoms with van der Waals surface area (Å²) in [5.41, 5.74) is 1.77. The van der Waals surface area contributed by atoms with Crippen LogP contribution in [0.2, 0.25) is 0 Å². The van der Waals surface area contributed by atoms with Gasteiger partial charge in [-0.1, -0.05) is 35.5 Å². The molecule has 0 amide bonds. The van der Waals surface area contributed by atoms with E-state index >= 15 is 0 Å². The van der Waals surface area contributed by atoms with E-state index in [0.717, 1.165) is 11.4 Å². The molecule has 3 rings (SSSR count). The molecule has 0 aliphatic heterocycles. The summed E-state index contributed by atoms with van der Waals surface area (Å²) in [6.45, 7) is 0.0937. The first kappa shape index (κ1) is 10.9. The van der Waals surface area contributed by atoms with E-state index < -0.39 is 0 Å². The van der Waals surface area contributed by atoms with E-state index in [1.165, 1.54) is 10.8 Å². The van der Waals surface area contributed by atoms with Crippen molar-refractivity contribution in [3.8, 4) is 5.69 Å². The topological polar surface area (TPSA) is 50.9 Å². The summed E-state index contributed by atoms with van der Waals surface area (Å²) in [4.78, 5) is 0. The molecule has 3 aromatic rings. The van der Waals surface area contributed by atoms with Gasteiger partial charge in [-0.15, -0.1) is 5.10 Å². The van der Waals surface area contributed by atoms with Crippen molar-refractivity contribution in [2.45, 2.75) is 6.42 Å². The second kappa shape index (κ2) is 4.58. The third-order valence-corrected chi connectivity index (χ3v) is 2.91. The van der Waals surface area contributed by atoms with Crippen LogP contribution in [0.5, 0.6) is 0 Å². The van der Waals surface area contributed by atoms with Gasteiger partial charge in [-0.25, -0.2) is 4.68 Å². The van der Waals surface area contributed by atoms with E-state index in [9.17, 15) is 0 Å². The molecule has 0 aliphatic carbocycles. The molecule has 90 valence electrons. The van der Waals surface area contributed by atoms with Gasteiger partial charge in [0.25, 0.3) is 0 Å². The molecule has 2 aromatic carbocycles. The molecule has 1 aromatic heterocycles. The quantitative estimate of drug-likeness (QED) is 0.760. The Hall–Kier alpha value is -2.20. The number of benzene rings is 2. The lowest BCUT2D eigenvalue weighted by atomic mass is 10.1. The highest BCUT2D eigenvalue weighted by Gasteiger charge is 2.03. The zero-order chi connectivity index (χ0) is 12.4. The standard InChI is InChI=1S/C14H13N3O/c18-8-7-13-10-17(16-15-13)14-6-5-11-3-1-2-4-12(11)9-14/h1-6,9-10,18H,7-8H2. The molecule has 4 nitrogen and oxygen atoms in total. The van der Waals surface area contributed by atoms with Gasteiger partial charge in [-0.2, -0.15) is 0 Å². The van der Waals surface area contributed by atoms with E-state index in [1.54, 1.807) is 4.68 Å². The van der Waals surface area contributed by atoms with Gasteiger partial charge in [0.05, 0.1) is 17.6 Å². The Balaban J connectivity index is 2.02. The number of aliphatic hydroxyl groups excluding tert-OH is 1. The summed E-state index contributed by atoms with van der Waals surface area (Å²) in [7, 11) is 0. The maximum Gasteiger partial charge on any atom is 0.0854 e. The summed E-state index contributed by atoms with van der Waals surface area (Å²) in [6.07, 6.45) is 2.38. The molecule has 0 radical (unpaired) electrons. The zero-order valence-electron chi connectivity index (χ0n) is 9.82. The van der Waals surface area contributed by atoms with Crippen LogP contribution in [0.3, 0.4) is 0 Å². The highest BCUT2D eigenvalue weighted by atomic mass is 16.3. The highest BCUT2D eigenvalue weighted by molar-refractivity contribution is 5.84. The minimum absolute atomic E-state index is 0.0937. The lowest BCUT2D eigenvalue weighted by Gasteiger charge is -2.02. The number of nitrogens with zero attached hydrogens (tertiary/aromatic N) is 3. The molecule has 1 N–H and O–H groups in total. The van der Waals surface area contributed by atoms with E-state index in [1.807, 2.05) is 24.4 Å². The van der Waals surface area contributed by atoms with Gasteiger partial charge in [0.1, 0.15) is 0 Å². The third kappa shape index (κ3) is 1.98. The van der Waals surface area contributed by atoms with Crippen LogP contribution in [0.1, 0.15) is 5.69 Å². The van der Waals surface area contributed by atoms with Crippen LogP contribution in [0.4, 0.5) is 0 Å². The first-order valence-electron chi connectivity index (χ1n) is 5.88. The zero-order valence-corrected chi connectivity index (χ0v) is 9.82. The van der Waals surface area contributed by atoms with Gasteiger partial charge in [0.15, 0.2) is 0 Å². The van der Waals surface area contributed by atoms with E-state index in [2.05, 4.69) is 34.6 Å². The largest absolute Gasteiger partial charge is 0.396 e. The normalized spacial score (nSPS) is 10.9. The van der Waals surface area contributed by atoms with Gasteiger partial charge in [-0.05, 0) is 22.9 Å². The summed E-state index contributed by atoms with van der Waals surface area (Å²) in [5, 5.41) is 19.3. The molecule has 0 unspecified atom stereocenters. The summed E-state index contributed by atoms with van der Waals surface area (Å²) in [6, 6.07) is 14.4. The van der Waals surface area contributed by atoms with Crippen LogP contribution in [-0.2, 0) is 6.42 Å². The fraction of sp³-hybridized carbons (Fsp3) is 0.143. The number of hydrogen-bond acceptors (Lipinski definition) is 3. The molecular formula is C14H13N3O. The molecule has 0 spiro atoms. The second-order valence-electron chi connectivity index (χ2n) is 4.16. The Morgan fingerprint density at radius 2 is 1.89 bits per heavy atom. The molecule has 0 fully saturated rings. The Kier molecular flexibility index (Phi) is 2.78. The third-order valence-electron chi connectivity index (χ3n) is 2.91. The van der Waals surface area contributed by atoms with Gasteiger partial charge in [0, 0.05) is 13.0 Å². The summed E-state index contributed by atoms with van der Waals surface area (Å²) < 4.78 is 1.73. The second-order valence-corrected chi connectivity index (χ2v) is 4.16. The van der Waals surface area contributed by atoms with Crippen molar-refractivity contribution in [3.63, 3.8) is 0 Å². The molecule has 1 heterocycles. The van der Waals surface area contributed by atoms with Gasteiger partial charge < -0.3 is 5.11 Å². The van der Waals surface area contributed by atoms with Crippen molar-refractivity contribution < 1.29 is 5.11 Å². The van der Waals surface area contributed by atoms with E-state index in [0.29, 0.717) is 6.42 Å². The Morgan fingerprint density at radius 3 is 2.72 bits per heavy atom. The molecule has 0 bridgehead atoms. The van der Waals surface area contributed by atoms with Crippen LogP contribution in [-0.4, -0.2) is 26.7 Å². The highest BCUT2D eigenvalue weighted by Crippen LogP contribution is 2.17. The van der Waals surface area contributed by atoms with Crippen LogP contribution in [0.25, 0.3) is 16.5 Å². The lowest BCUT2D eigenvalue weighted by molar-refractivity contribution is 0.298. The van der Waals surface area contributed by atoms with Crippen LogP contribution in [0, 0.1) is 0 Å². The predicted octanol–water partition coefficient (Wildman–Crippen LogP) is 1.96. The van der Waals surface area contributed by atoms with Crippen molar-refractivity contribution in [1.82, 2.24) is 15.0 Å². The Labute approximate surface area is 104 Å². The SMILES string of the molecule is OCCc1cn(-c2ccc3ccccc3c2)nn1. The minimum atomic E-state index is 0.0937. The smallest absolute Gasteiger partial charge is 0.0854 e. The number of aromatic nitrogens is 3. The number of aliphatic hydroxyl groups is 1. The fourth-order valence-electron chi connectivity index (χ4n) is 1.97. The molecule has 0 saturated heterocycles. The summed E-state index contributed by atoms with van der Waals surface area (Å²) >= 11 is 0. The molecule has 0 saturated carbocycles. The van der Waals surface area contributed by atoms with Crippen molar-refractivity contribution >= 4 is 10.8 Å². The van der Waals surface area contributed by atoms with Gasteiger partial charge >= 0.3 is 0 Å². The number of hydrogen-bond donors (Lipinski definition) is 1. The maximum absolute atomic E-state index is 8.86. The van der Waals surface area contributed by atoms with Crippen molar-refractivity contribution in [2.24, 2.45) is 0 Å². The predicted molar refractivity (Wildman–Crippen MR) is 69.7 cm³/mol. The number of rotatable bonds is 3. The van der Waals surface area contributed by atoms with Crippen molar-refractivity contribution in [3.05, 3.63) is 54.4 Å². The molecule has 0 atom stereocenters. The van der Waals surface area contributed by atoms with Gasteiger partial charge in [0.2, 0.25) is 0 Å². The molecule has 4 heteroatoms. The lowest BCUT2D eigenvalue weighted by Crippen LogP contribution is -1.94. The first-order valence-corrected chi connectivity index (χ1v) is 5.88. The van der Waals surface area contributed by atoms with Crippen LogP contribution >= 0.6 is 0 Å². The van der Waals surface area contributed by atoms with Gasteiger partial charge in [-0.3, -0.25) is 0 Å². The van der Waals surface area contributed by atoms with Crippen LogP contribution < -0.4 is 0 Å². The number of fused-ring (bicyclic) bond motifs is 1. The van der Waals surface area contributed by atoms with E-state index in [4.69, 9.17) is 5.11 Å². The first-order chi connectivity index (χ1) is 8.86. The molecule has 18 heavy (non-hydrogen) atoms. The monoisotopic (exact) mass is 239 g/mol. The van der Waals surface area contributed by atoms with Crippen LogP contribution in [0.15, 0.2) is 48.7 Å². The fourth-order valence-corrected chi connectivity index (χ4v) is 1.97. The Morgan fingerprint density at radius 1 is 1.06 bits per heavy atom. The average Bonchev–Trinajstić information content (AvgIpc) is 2.87. The van der Waals surface area contributed by atoms with E-state index in [-0.39, 0.29) is 6.61 Å². The Bertz CT molecular complexity index is 675. The minimum Gasteiger partial charge on any atom is -0.396 e. The maximum atomic E-state index is 8.86. The summed E-state index contributed by atoms with van der Waals surface area (Å²) in [5.74, 6) is 0. The molecule has 0 aliphatic rings. The van der Waals surface area contributed by atoms with Crippen molar-refractivity contribution in [1.29, 1.82) is 0 Å². The molecular weight excluding hydrogens is 226 g/mol. The average molecular weight is 239 g/mol. The van der Waals surface area contributed by atoms with Crippen molar-refractivity contribution in [2.75, 3.05) is 6.61 Å².